The van der Waals surface area contributed by atoms with Crippen molar-refractivity contribution in [1.29, 1.82) is 0 Å². The van der Waals surface area contributed by atoms with Crippen molar-refractivity contribution in [1.82, 2.24) is 0 Å². The van der Waals surface area contributed by atoms with Gasteiger partial charge < -0.3 is 19.3 Å². The average molecular weight is 275 g/mol. The van der Waals surface area contributed by atoms with Gasteiger partial charge in [-0.05, 0) is 31.7 Å². The van der Waals surface area contributed by atoms with Gasteiger partial charge in [0, 0.05) is 26.9 Å². The van der Waals surface area contributed by atoms with E-state index in [-0.39, 0.29) is 5.54 Å². The summed E-state index contributed by atoms with van der Waals surface area (Å²) in [7, 11) is 2.83. The van der Waals surface area contributed by atoms with E-state index in [2.05, 4.69) is 13.8 Å². The summed E-state index contributed by atoms with van der Waals surface area (Å²) >= 11 is 0. The second-order valence-electron chi connectivity index (χ2n) is 5.31. The van der Waals surface area contributed by atoms with E-state index in [4.69, 9.17) is 19.3 Å². The molecule has 1 heterocycles. The van der Waals surface area contributed by atoms with Crippen molar-refractivity contribution in [3.63, 3.8) is 0 Å². The highest BCUT2D eigenvalue weighted by molar-refractivity contribution is 6.71. The zero-order valence-corrected chi connectivity index (χ0v) is 13.5. The second kappa shape index (κ2) is 6.01. The Bertz CT molecular complexity index is 273. The number of nitrogens with two attached hydrogens (primary N) is 1. The third kappa shape index (κ3) is 2.06. The van der Waals surface area contributed by atoms with Crippen molar-refractivity contribution in [3.05, 3.63) is 0 Å². The van der Waals surface area contributed by atoms with Crippen LogP contribution in [-0.4, -0.2) is 40.7 Å². The summed E-state index contributed by atoms with van der Waals surface area (Å²) in [6.07, 6.45) is 4.87. The Labute approximate surface area is 112 Å². The molecular weight excluding hydrogens is 246 g/mol. The van der Waals surface area contributed by atoms with Crippen LogP contribution in [0.4, 0.5) is 0 Å². The molecule has 18 heavy (non-hydrogen) atoms. The van der Waals surface area contributed by atoms with Crippen LogP contribution in [0.3, 0.4) is 0 Å². The fraction of sp³-hybridized carbons (Fsp3) is 1.00. The van der Waals surface area contributed by atoms with E-state index in [1.54, 1.807) is 21.3 Å². The molecule has 0 aromatic heterocycles. The summed E-state index contributed by atoms with van der Waals surface area (Å²) in [5, 5.41) is -0.439. The van der Waals surface area contributed by atoms with Gasteiger partial charge in [0.25, 0.3) is 0 Å². The van der Waals surface area contributed by atoms with Crippen LogP contribution in [0.1, 0.15) is 46.0 Å². The zero-order valence-electron chi connectivity index (χ0n) is 12.5. The molecule has 0 amide bonds. The highest BCUT2D eigenvalue weighted by atomic mass is 28.4. The van der Waals surface area contributed by atoms with Crippen LogP contribution >= 0.6 is 0 Å². The van der Waals surface area contributed by atoms with Crippen LogP contribution in [0.2, 0.25) is 6.04 Å². The monoisotopic (exact) mass is 275 g/mol. The lowest BCUT2D eigenvalue weighted by Gasteiger charge is -2.57. The predicted molar refractivity (Wildman–Crippen MR) is 75.7 cm³/mol. The third-order valence-corrected chi connectivity index (χ3v) is 9.30. The second-order valence-corrected chi connectivity index (χ2v) is 8.94. The van der Waals surface area contributed by atoms with Crippen molar-refractivity contribution in [2.45, 2.75) is 62.8 Å². The summed E-state index contributed by atoms with van der Waals surface area (Å²) in [4.78, 5) is 0. The predicted octanol–water partition coefficient (Wildman–Crippen LogP) is 2.35. The molecule has 1 saturated heterocycles. The largest absolute Gasteiger partial charge is 0.396 e. The molecule has 108 valence electrons. The molecule has 1 fully saturated rings. The summed E-state index contributed by atoms with van der Waals surface area (Å²) in [6, 6.07) is 0.965. The highest BCUT2D eigenvalue weighted by Crippen LogP contribution is 2.48. The standard InChI is InChI=1S/C13H29NO3Si/c1-6-9-13(15-3)12(14,7-2)10-8-11-18(13,16-4)17-5/h6-11,14H2,1-5H3. The van der Waals surface area contributed by atoms with Crippen molar-refractivity contribution in [2.24, 2.45) is 5.73 Å². The van der Waals surface area contributed by atoms with Crippen molar-refractivity contribution in [2.75, 3.05) is 21.3 Å². The minimum atomic E-state index is -2.43. The van der Waals surface area contributed by atoms with Gasteiger partial charge in [-0.1, -0.05) is 20.3 Å². The van der Waals surface area contributed by atoms with Gasteiger partial charge in [0.15, 0.2) is 0 Å². The van der Waals surface area contributed by atoms with Crippen molar-refractivity contribution >= 4 is 8.56 Å². The van der Waals surface area contributed by atoms with Crippen LogP contribution in [0.15, 0.2) is 0 Å². The number of rotatable bonds is 6. The van der Waals surface area contributed by atoms with Gasteiger partial charge >= 0.3 is 8.56 Å². The highest BCUT2D eigenvalue weighted by Gasteiger charge is 2.67. The van der Waals surface area contributed by atoms with Gasteiger partial charge in [-0.2, -0.15) is 0 Å². The molecule has 0 aromatic rings. The molecular formula is C13H29NO3Si. The molecule has 0 aliphatic carbocycles. The summed E-state index contributed by atoms with van der Waals surface area (Å²) < 4.78 is 17.8. The quantitative estimate of drug-likeness (QED) is 0.756. The molecule has 0 aromatic carbocycles. The molecule has 4 nitrogen and oxygen atoms in total. The number of hydrogen-bond donors (Lipinski definition) is 1. The summed E-state index contributed by atoms with van der Waals surface area (Å²) in [5.74, 6) is 0. The normalized spacial score (nSPS) is 35.7. The zero-order chi connectivity index (χ0) is 13.9. The Morgan fingerprint density at radius 1 is 1.17 bits per heavy atom. The molecule has 0 spiro atoms. The fourth-order valence-corrected chi connectivity index (χ4v) is 8.03. The first-order chi connectivity index (χ1) is 8.51. The van der Waals surface area contributed by atoms with Gasteiger partial charge in [-0.15, -0.1) is 0 Å². The van der Waals surface area contributed by atoms with Gasteiger partial charge in [-0.3, -0.25) is 0 Å². The average Bonchev–Trinajstić information content (AvgIpc) is 2.41. The van der Waals surface area contributed by atoms with E-state index in [0.717, 1.165) is 38.1 Å². The lowest BCUT2D eigenvalue weighted by Crippen LogP contribution is -2.78. The Hall–Kier alpha value is 0.0569. The Morgan fingerprint density at radius 3 is 2.17 bits per heavy atom. The molecule has 2 unspecified atom stereocenters. The Kier molecular flexibility index (Phi) is 5.38. The first kappa shape index (κ1) is 16.1. The van der Waals surface area contributed by atoms with E-state index < -0.39 is 13.8 Å². The lowest BCUT2D eigenvalue weighted by molar-refractivity contribution is -0.0684. The van der Waals surface area contributed by atoms with Gasteiger partial charge in [0.2, 0.25) is 0 Å². The number of ether oxygens (including phenoxy) is 1. The smallest absolute Gasteiger partial charge is 0.372 e. The molecule has 2 N–H and O–H groups in total. The van der Waals surface area contributed by atoms with Gasteiger partial charge in [0.05, 0.1) is 0 Å². The minimum absolute atomic E-state index is 0.339. The maximum absolute atomic E-state index is 6.71. The lowest BCUT2D eigenvalue weighted by atomic mass is 9.82. The molecule has 0 bridgehead atoms. The van der Waals surface area contributed by atoms with E-state index in [1.807, 2.05) is 0 Å². The first-order valence-corrected chi connectivity index (χ1v) is 8.98. The van der Waals surface area contributed by atoms with Crippen LogP contribution in [0.5, 0.6) is 0 Å². The maximum Gasteiger partial charge on any atom is 0.372 e. The van der Waals surface area contributed by atoms with E-state index in [0.29, 0.717) is 0 Å². The maximum atomic E-state index is 6.71. The molecule has 1 aliphatic heterocycles. The van der Waals surface area contributed by atoms with Gasteiger partial charge in [-0.25, -0.2) is 0 Å². The molecule has 1 aliphatic rings. The molecule has 2 atom stereocenters. The van der Waals surface area contributed by atoms with E-state index in [1.165, 1.54) is 0 Å². The summed E-state index contributed by atoms with van der Waals surface area (Å²) in [6.45, 7) is 4.30. The number of hydrogen-bond acceptors (Lipinski definition) is 4. The SMILES string of the molecule is CCCC1(OC)C(N)(CC)CCC[Si]1(OC)OC. The first-order valence-electron chi connectivity index (χ1n) is 6.95. The minimum Gasteiger partial charge on any atom is -0.396 e. The Morgan fingerprint density at radius 2 is 1.78 bits per heavy atom. The van der Waals surface area contributed by atoms with Crippen LogP contribution in [-0.2, 0) is 13.6 Å². The van der Waals surface area contributed by atoms with Crippen LogP contribution in [0.25, 0.3) is 0 Å². The third-order valence-electron chi connectivity index (χ3n) is 4.79. The van der Waals surface area contributed by atoms with Crippen LogP contribution < -0.4 is 5.73 Å². The number of methoxy groups -OCH3 is 1. The van der Waals surface area contributed by atoms with Crippen molar-refractivity contribution < 1.29 is 13.6 Å². The summed E-state index contributed by atoms with van der Waals surface area (Å²) in [5.41, 5.74) is 6.37. The Balaban J connectivity index is 3.32. The molecule has 0 saturated carbocycles. The van der Waals surface area contributed by atoms with Gasteiger partial charge in [0.1, 0.15) is 5.22 Å². The fourth-order valence-electron chi connectivity index (χ4n) is 3.75. The van der Waals surface area contributed by atoms with Crippen LogP contribution in [0, 0.1) is 0 Å². The van der Waals surface area contributed by atoms with Crippen molar-refractivity contribution in [3.8, 4) is 0 Å². The van der Waals surface area contributed by atoms with E-state index in [9.17, 15) is 0 Å². The molecule has 5 heteroatoms. The topological polar surface area (TPSA) is 53.7 Å². The molecule has 1 rings (SSSR count). The molecule has 0 radical (unpaired) electrons. The van der Waals surface area contributed by atoms with E-state index >= 15 is 0 Å².